The molecule has 0 atom stereocenters. The van der Waals surface area contributed by atoms with Gasteiger partial charge in [-0.05, 0) is 36.4 Å². The topological polar surface area (TPSA) is 68.5 Å². The Morgan fingerprint density at radius 1 is 1.00 bits per heavy atom. The Balaban J connectivity index is 2.21. The molecule has 21 heavy (non-hydrogen) atoms. The lowest BCUT2D eigenvalue weighted by Crippen LogP contribution is -2.10. The summed E-state index contributed by atoms with van der Waals surface area (Å²) >= 11 is 0. The molecule has 2 aromatic carbocycles. The van der Waals surface area contributed by atoms with Crippen molar-refractivity contribution in [3.63, 3.8) is 0 Å². The average molecular weight is 283 g/mol. The summed E-state index contributed by atoms with van der Waals surface area (Å²) in [7, 11) is 3.00. The normalized spacial score (nSPS) is 9.57. The number of benzene rings is 2. The highest BCUT2D eigenvalue weighted by molar-refractivity contribution is 5.94. The number of ether oxygens (including phenoxy) is 3. The van der Waals surface area contributed by atoms with Crippen LogP contribution >= 0.6 is 0 Å². The molecule has 5 heteroatoms. The van der Waals surface area contributed by atoms with E-state index in [1.165, 1.54) is 14.2 Å². The van der Waals surface area contributed by atoms with Crippen LogP contribution in [-0.2, 0) is 0 Å². The fraction of sp³-hybridized carbons (Fsp3) is 0.125. The Morgan fingerprint density at radius 3 is 2.24 bits per heavy atom. The van der Waals surface area contributed by atoms with Gasteiger partial charge in [-0.2, -0.15) is 5.26 Å². The van der Waals surface area contributed by atoms with Gasteiger partial charge in [0.2, 0.25) is 0 Å². The summed E-state index contributed by atoms with van der Waals surface area (Å²) in [5.74, 6) is 0.769. The summed E-state index contributed by atoms with van der Waals surface area (Å²) in [6, 6.07) is 13.1. The van der Waals surface area contributed by atoms with Gasteiger partial charge in [-0.1, -0.05) is 0 Å². The lowest BCUT2D eigenvalue weighted by molar-refractivity contribution is 0.0731. The van der Waals surface area contributed by atoms with E-state index in [1.54, 1.807) is 42.5 Å². The third kappa shape index (κ3) is 3.31. The summed E-state index contributed by atoms with van der Waals surface area (Å²) in [4.78, 5) is 12.1. The first-order chi connectivity index (χ1) is 10.2. The zero-order valence-electron chi connectivity index (χ0n) is 11.6. The molecule has 0 fully saturated rings. The van der Waals surface area contributed by atoms with Gasteiger partial charge < -0.3 is 14.2 Å². The highest BCUT2D eigenvalue weighted by atomic mass is 16.5. The second-order valence-corrected chi connectivity index (χ2v) is 4.09. The van der Waals surface area contributed by atoms with Crippen LogP contribution in [0.15, 0.2) is 42.5 Å². The van der Waals surface area contributed by atoms with E-state index in [-0.39, 0.29) is 0 Å². The summed E-state index contributed by atoms with van der Waals surface area (Å²) < 4.78 is 15.5. The largest absolute Gasteiger partial charge is 0.497 e. The molecule has 0 unspecified atom stereocenters. The fourth-order valence-corrected chi connectivity index (χ4v) is 1.73. The highest BCUT2D eigenvalue weighted by Crippen LogP contribution is 2.26. The molecule has 0 aromatic heterocycles. The Kier molecular flexibility index (Phi) is 4.42. The van der Waals surface area contributed by atoms with Gasteiger partial charge in [-0.25, -0.2) is 4.79 Å². The van der Waals surface area contributed by atoms with Crippen LogP contribution in [0, 0.1) is 11.3 Å². The van der Waals surface area contributed by atoms with Gasteiger partial charge in [0.05, 0.1) is 25.9 Å². The first-order valence-corrected chi connectivity index (χ1v) is 6.12. The quantitative estimate of drug-likeness (QED) is 0.637. The van der Waals surface area contributed by atoms with Gasteiger partial charge in [-0.15, -0.1) is 0 Å². The van der Waals surface area contributed by atoms with Crippen LogP contribution in [0.3, 0.4) is 0 Å². The van der Waals surface area contributed by atoms with E-state index in [0.29, 0.717) is 28.4 Å². The van der Waals surface area contributed by atoms with Crippen molar-refractivity contribution in [3.8, 4) is 23.3 Å². The third-order valence-electron chi connectivity index (χ3n) is 2.82. The molecule has 0 saturated heterocycles. The zero-order valence-corrected chi connectivity index (χ0v) is 11.6. The minimum Gasteiger partial charge on any atom is -0.497 e. The molecule has 0 saturated carbocycles. The molecule has 2 aromatic rings. The maximum absolute atomic E-state index is 12.1. The molecule has 0 spiro atoms. The molecule has 0 aliphatic carbocycles. The maximum atomic E-state index is 12.1. The van der Waals surface area contributed by atoms with Crippen LogP contribution in [-0.4, -0.2) is 20.2 Å². The maximum Gasteiger partial charge on any atom is 0.347 e. The molecule has 0 aliphatic heterocycles. The van der Waals surface area contributed by atoms with Crippen molar-refractivity contribution in [2.45, 2.75) is 0 Å². The molecule has 106 valence electrons. The summed E-state index contributed by atoms with van der Waals surface area (Å²) in [6.45, 7) is 0. The van der Waals surface area contributed by atoms with Crippen molar-refractivity contribution in [2.75, 3.05) is 14.2 Å². The van der Waals surface area contributed by atoms with E-state index < -0.39 is 5.97 Å². The number of nitrogens with zero attached hydrogens (tertiary/aromatic N) is 1. The Hall–Kier alpha value is -3.00. The monoisotopic (exact) mass is 283 g/mol. The van der Waals surface area contributed by atoms with Crippen molar-refractivity contribution < 1.29 is 19.0 Å². The van der Waals surface area contributed by atoms with E-state index in [9.17, 15) is 4.79 Å². The van der Waals surface area contributed by atoms with Crippen molar-refractivity contribution in [2.24, 2.45) is 0 Å². The van der Waals surface area contributed by atoms with Crippen LogP contribution in [0.25, 0.3) is 0 Å². The molecule has 5 nitrogen and oxygen atoms in total. The van der Waals surface area contributed by atoms with Gasteiger partial charge >= 0.3 is 5.97 Å². The third-order valence-corrected chi connectivity index (χ3v) is 2.82. The fourth-order valence-electron chi connectivity index (χ4n) is 1.73. The van der Waals surface area contributed by atoms with Crippen LogP contribution in [0.5, 0.6) is 17.2 Å². The standard InChI is InChI=1S/C16H13NO4/c1-19-13-7-8-14(15(9-13)20-2)16(18)21-12-5-3-11(10-17)4-6-12/h3-9H,1-2H3. The number of hydrogen-bond acceptors (Lipinski definition) is 5. The predicted octanol–water partition coefficient (Wildman–Crippen LogP) is 2.79. The summed E-state index contributed by atoms with van der Waals surface area (Å²) in [5.41, 5.74) is 0.791. The molecule has 0 aliphatic rings. The van der Waals surface area contributed by atoms with Gasteiger partial charge in [0.15, 0.2) is 0 Å². The molecule has 0 bridgehead atoms. The lowest BCUT2D eigenvalue weighted by atomic mass is 10.2. The molecular formula is C16H13NO4. The summed E-state index contributed by atoms with van der Waals surface area (Å²) in [5, 5.41) is 8.72. The van der Waals surface area contributed by atoms with Gasteiger partial charge in [-0.3, -0.25) is 0 Å². The van der Waals surface area contributed by atoms with Crippen LogP contribution < -0.4 is 14.2 Å². The number of methoxy groups -OCH3 is 2. The number of rotatable bonds is 4. The van der Waals surface area contributed by atoms with Crippen molar-refractivity contribution in [1.29, 1.82) is 5.26 Å². The zero-order chi connectivity index (χ0) is 15.2. The van der Waals surface area contributed by atoms with Crippen molar-refractivity contribution in [1.82, 2.24) is 0 Å². The van der Waals surface area contributed by atoms with Crippen molar-refractivity contribution >= 4 is 5.97 Å². The van der Waals surface area contributed by atoms with E-state index in [0.717, 1.165) is 0 Å². The number of carbonyl (C=O) groups excluding carboxylic acids is 1. The van der Waals surface area contributed by atoms with Crippen LogP contribution in [0.2, 0.25) is 0 Å². The molecule has 0 radical (unpaired) electrons. The van der Waals surface area contributed by atoms with Crippen molar-refractivity contribution in [3.05, 3.63) is 53.6 Å². The molecule has 0 N–H and O–H groups in total. The first kappa shape index (κ1) is 14.4. The van der Waals surface area contributed by atoms with Crippen LogP contribution in [0.1, 0.15) is 15.9 Å². The van der Waals surface area contributed by atoms with E-state index in [2.05, 4.69) is 0 Å². The Morgan fingerprint density at radius 2 is 1.67 bits per heavy atom. The first-order valence-electron chi connectivity index (χ1n) is 6.12. The minimum absolute atomic E-state index is 0.294. The number of hydrogen-bond donors (Lipinski definition) is 0. The molecular weight excluding hydrogens is 270 g/mol. The van der Waals surface area contributed by atoms with Gasteiger partial charge in [0.1, 0.15) is 22.8 Å². The number of esters is 1. The second kappa shape index (κ2) is 6.44. The smallest absolute Gasteiger partial charge is 0.347 e. The lowest BCUT2D eigenvalue weighted by Gasteiger charge is -2.10. The van der Waals surface area contributed by atoms with Gasteiger partial charge in [0.25, 0.3) is 0 Å². The molecule has 0 amide bonds. The Bertz CT molecular complexity index is 686. The van der Waals surface area contributed by atoms with E-state index in [1.807, 2.05) is 6.07 Å². The SMILES string of the molecule is COc1ccc(C(=O)Oc2ccc(C#N)cc2)c(OC)c1. The average Bonchev–Trinajstić information content (AvgIpc) is 2.54. The molecule has 2 rings (SSSR count). The number of nitriles is 1. The van der Waals surface area contributed by atoms with Gasteiger partial charge in [0, 0.05) is 6.07 Å². The molecule has 0 heterocycles. The highest BCUT2D eigenvalue weighted by Gasteiger charge is 2.15. The Labute approximate surface area is 122 Å². The van der Waals surface area contributed by atoms with E-state index >= 15 is 0 Å². The van der Waals surface area contributed by atoms with Crippen LogP contribution in [0.4, 0.5) is 0 Å². The number of carbonyl (C=O) groups is 1. The predicted molar refractivity (Wildman–Crippen MR) is 75.7 cm³/mol. The minimum atomic E-state index is -0.542. The second-order valence-electron chi connectivity index (χ2n) is 4.09. The van der Waals surface area contributed by atoms with E-state index in [4.69, 9.17) is 19.5 Å². The summed E-state index contributed by atoms with van der Waals surface area (Å²) in [6.07, 6.45) is 0.